The maximum absolute atomic E-state index is 13.2. The number of carbonyl (C=O) groups excluding carboxylic acids is 1. The van der Waals surface area contributed by atoms with E-state index in [1.807, 2.05) is 26.0 Å². The molecule has 1 aliphatic rings. The summed E-state index contributed by atoms with van der Waals surface area (Å²) < 4.78 is 5.82. The summed E-state index contributed by atoms with van der Waals surface area (Å²) in [5, 5.41) is 1.78. The lowest BCUT2D eigenvalue weighted by Gasteiger charge is -2.37. The topological polar surface area (TPSA) is 68.1 Å². The number of carbonyl (C=O) groups is 1. The Balaban J connectivity index is 1.57. The number of hydrogen-bond donors (Lipinski definition) is 2. The SMILES string of the molecule is Cc1[nH]c2ccc(CC(C)(N)C3CCCCC3)cc2c1C(=O)OC(C)c1ccc(Cl)c(Cl)c1. The summed E-state index contributed by atoms with van der Waals surface area (Å²) in [5.74, 6) is 0.170. The molecule has 4 rings (SSSR count). The Morgan fingerprint density at radius 1 is 1.15 bits per heavy atom. The quantitative estimate of drug-likeness (QED) is 0.353. The number of rotatable bonds is 6. The number of nitrogens with one attached hydrogen (secondary N) is 1. The predicted molar refractivity (Wildman–Crippen MR) is 136 cm³/mol. The van der Waals surface area contributed by atoms with Crippen LogP contribution in [0.4, 0.5) is 0 Å². The molecular formula is C27H32Cl2N2O2. The lowest BCUT2D eigenvalue weighted by atomic mass is 9.73. The molecule has 2 aromatic carbocycles. The normalized spacial score (nSPS) is 17.6. The molecule has 0 spiro atoms. The average molecular weight is 487 g/mol. The highest BCUT2D eigenvalue weighted by atomic mass is 35.5. The molecule has 2 atom stereocenters. The van der Waals surface area contributed by atoms with Crippen LogP contribution in [0.25, 0.3) is 10.9 Å². The number of esters is 1. The van der Waals surface area contributed by atoms with Gasteiger partial charge in [-0.1, -0.05) is 54.6 Å². The number of fused-ring (bicyclic) bond motifs is 1. The van der Waals surface area contributed by atoms with Gasteiger partial charge >= 0.3 is 5.97 Å². The zero-order valence-corrected chi connectivity index (χ0v) is 21.0. The largest absolute Gasteiger partial charge is 0.454 e. The van der Waals surface area contributed by atoms with Gasteiger partial charge in [0.15, 0.2) is 0 Å². The van der Waals surface area contributed by atoms with Gasteiger partial charge in [-0.05, 0) is 81.3 Å². The number of aromatic nitrogens is 1. The Morgan fingerprint density at radius 3 is 2.58 bits per heavy atom. The molecule has 4 nitrogen and oxygen atoms in total. The molecule has 1 saturated carbocycles. The van der Waals surface area contributed by atoms with E-state index in [4.69, 9.17) is 33.7 Å². The summed E-state index contributed by atoms with van der Waals surface area (Å²) in [6, 6.07) is 11.5. The smallest absolute Gasteiger partial charge is 0.341 e. The summed E-state index contributed by atoms with van der Waals surface area (Å²) in [7, 11) is 0. The Hall–Kier alpha value is -2.01. The third-order valence-corrected chi connectivity index (χ3v) is 7.81. The first-order chi connectivity index (χ1) is 15.7. The van der Waals surface area contributed by atoms with Gasteiger partial charge in [0, 0.05) is 22.1 Å². The fraction of sp³-hybridized carbons (Fsp3) is 0.444. The van der Waals surface area contributed by atoms with Gasteiger partial charge in [0.05, 0.1) is 15.6 Å². The molecule has 2 unspecified atom stereocenters. The molecule has 0 bridgehead atoms. The lowest BCUT2D eigenvalue weighted by Crippen LogP contribution is -2.47. The van der Waals surface area contributed by atoms with E-state index in [-0.39, 0.29) is 11.5 Å². The molecule has 1 heterocycles. The van der Waals surface area contributed by atoms with Crippen LogP contribution in [0.15, 0.2) is 36.4 Å². The first kappa shape index (κ1) is 24.1. The van der Waals surface area contributed by atoms with Gasteiger partial charge in [0.2, 0.25) is 0 Å². The second kappa shape index (κ2) is 9.69. The van der Waals surface area contributed by atoms with Crippen LogP contribution in [0.3, 0.4) is 0 Å². The number of ether oxygens (including phenoxy) is 1. The summed E-state index contributed by atoms with van der Waals surface area (Å²) in [5.41, 5.74) is 10.8. The molecule has 0 aliphatic heterocycles. The fourth-order valence-electron chi connectivity index (χ4n) is 5.15. The number of aromatic amines is 1. The monoisotopic (exact) mass is 486 g/mol. The molecule has 6 heteroatoms. The zero-order valence-electron chi connectivity index (χ0n) is 19.5. The first-order valence-corrected chi connectivity index (χ1v) is 12.5. The Bertz CT molecular complexity index is 1160. The maximum atomic E-state index is 13.2. The summed E-state index contributed by atoms with van der Waals surface area (Å²) in [6.45, 7) is 5.90. The molecule has 33 heavy (non-hydrogen) atoms. The number of H-pyrrole nitrogens is 1. The summed E-state index contributed by atoms with van der Waals surface area (Å²) >= 11 is 12.2. The van der Waals surface area contributed by atoms with Crippen molar-refractivity contribution in [2.24, 2.45) is 11.7 Å². The molecule has 3 N–H and O–H groups in total. The van der Waals surface area contributed by atoms with Gasteiger partial charge in [-0.15, -0.1) is 0 Å². The van der Waals surface area contributed by atoms with Crippen LogP contribution in [0, 0.1) is 12.8 Å². The molecule has 0 saturated heterocycles. The second-order valence-corrected chi connectivity index (χ2v) is 10.6. The summed E-state index contributed by atoms with van der Waals surface area (Å²) in [4.78, 5) is 16.5. The molecule has 1 fully saturated rings. The number of nitrogens with two attached hydrogens (primary N) is 1. The maximum Gasteiger partial charge on any atom is 0.341 e. The van der Waals surface area contributed by atoms with Crippen molar-refractivity contribution in [3.8, 4) is 0 Å². The van der Waals surface area contributed by atoms with Crippen molar-refractivity contribution in [3.63, 3.8) is 0 Å². The van der Waals surface area contributed by atoms with E-state index < -0.39 is 6.10 Å². The molecule has 3 aromatic rings. The van der Waals surface area contributed by atoms with E-state index in [9.17, 15) is 4.79 Å². The molecular weight excluding hydrogens is 455 g/mol. The zero-order chi connectivity index (χ0) is 23.8. The highest BCUT2D eigenvalue weighted by Crippen LogP contribution is 2.35. The highest BCUT2D eigenvalue weighted by Gasteiger charge is 2.31. The van der Waals surface area contributed by atoms with Crippen LogP contribution in [-0.4, -0.2) is 16.5 Å². The van der Waals surface area contributed by atoms with E-state index in [2.05, 4.69) is 24.0 Å². The highest BCUT2D eigenvalue weighted by molar-refractivity contribution is 6.42. The Labute approximate surface area is 205 Å². The number of hydrogen-bond acceptors (Lipinski definition) is 3. The number of aryl methyl sites for hydroxylation is 1. The standard InChI is InChI=1S/C27H32Cl2N2O2/c1-16-25(26(32)33-17(2)19-10-11-22(28)23(29)14-19)21-13-18(9-12-24(21)31-16)15-27(3,30)20-7-5-4-6-8-20/h9-14,17,20,31H,4-8,15,30H2,1-3H3. The van der Waals surface area contributed by atoms with Crippen LogP contribution in [0.2, 0.25) is 10.0 Å². The van der Waals surface area contributed by atoms with Crippen molar-refractivity contribution in [2.45, 2.75) is 70.9 Å². The van der Waals surface area contributed by atoms with Crippen molar-refractivity contribution in [1.82, 2.24) is 4.98 Å². The third kappa shape index (κ3) is 5.24. The first-order valence-electron chi connectivity index (χ1n) is 11.7. The minimum Gasteiger partial charge on any atom is -0.454 e. The van der Waals surface area contributed by atoms with Crippen LogP contribution < -0.4 is 5.73 Å². The van der Waals surface area contributed by atoms with E-state index in [0.29, 0.717) is 21.5 Å². The Morgan fingerprint density at radius 2 is 1.88 bits per heavy atom. The molecule has 176 valence electrons. The van der Waals surface area contributed by atoms with E-state index >= 15 is 0 Å². The molecule has 0 amide bonds. The van der Waals surface area contributed by atoms with Crippen molar-refractivity contribution < 1.29 is 9.53 Å². The minimum absolute atomic E-state index is 0.261. The van der Waals surface area contributed by atoms with E-state index in [0.717, 1.165) is 34.1 Å². The van der Waals surface area contributed by atoms with Gasteiger partial charge in [-0.2, -0.15) is 0 Å². The van der Waals surface area contributed by atoms with Gasteiger partial charge < -0.3 is 15.5 Å². The molecule has 1 aromatic heterocycles. The number of halogens is 2. The van der Waals surface area contributed by atoms with Crippen molar-refractivity contribution in [3.05, 3.63) is 68.8 Å². The van der Waals surface area contributed by atoms with Crippen LogP contribution >= 0.6 is 23.2 Å². The molecule has 0 radical (unpaired) electrons. The third-order valence-electron chi connectivity index (χ3n) is 7.07. The van der Waals surface area contributed by atoms with Crippen LogP contribution in [0.5, 0.6) is 0 Å². The number of benzene rings is 2. The Kier molecular flexibility index (Phi) is 7.09. The van der Waals surface area contributed by atoms with Gasteiger partial charge in [0.1, 0.15) is 6.10 Å². The fourth-order valence-corrected chi connectivity index (χ4v) is 5.45. The molecule has 1 aliphatic carbocycles. The predicted octanol–water partition coefficient (Wildman–Crippen LogP) is 7.54. The van der Waals surface area contributed by atoms with Gasteiger partial charge in [-0.25, -0.2) is 4.79 Å². The van der Waals surface area contributed by atoms with E-state index in [1.165, 1.54) is 32.1 Å². The van der Waals surface area contributed by atoms with Gasteiger partial charge in [-0.3, -0.25) is 0 Å². The average Bonchev–Trinajstić information content (AvgIpc) is 3.11. The van der Waals surface area contributed by atoms with Crippen molar-refractivity contribution in [1.29, 1.82) is 0 Å². The summed E-state index contributed by atoms with van der Waals surface area (Å²) in [6.07, 6.45) is 6.56. The van der Waals surface area contributed by atoms with Crippen LogP contribution in [0.1, 0.15) is 79.2 Å². The van der Waals surface area contributed by atoms with Gasteiger partial charge in [0.25, 0.3) is 0 Å². The van der Waals surface area contributed by atoms with Crippen LogP contribution in [-0.2, 0) is 11.2 Å². The van der Waals surface area contributed by atoms with Crippen molar-refractivity contribution >= 4 is 40.1 Å². The van der Waals surface area contributed by atoms with E-state index in [1.54, 1.807) is 12.1 Å². The second-order valence-electron chi connectivity index (χ2n) is 9.74. The minimum atomic E-state index is -0.460. The lowest BCUT2D eigenvalue weighted by molar-refractivity contribution is 0.0339. The van der Waals surface area contributed by atoms with Crippen molar-refractivity contribution in [2.75, 3.05) is 0 Å².